The van der Waals surface area contributed by atoms with E-state index in [0.717, 1.165) is 11.4 Å². The van der Waals surface area contributed by atoms with Crippen LogP contribution in [0.4, 0.5) is 16.2 Å². The summed E-state index contributed by atoms with van der Waals surface area (Å²) in [5.74, 6) is 0.505. The molecule has 1 aromatic heterocycles. The Morgan fingerprint density at radius 1 is 1.17 bits per heavy atom. The van der Waals surface area contributed by atoms with Crippen molar-refractivity contribution in [3.05, 3.63) is 48.8 Å². The molecule has 1 aliphatic heterocycles. The second-order valence-electron chi connectivity index (χ2n) is 5.34. The number of nitrogens with one attached hydrogen (secondary N) is 1. The van der Waals surface area contributed by atoms with Gasteiger partial charge in [-0.15, -0.1) is 0 Å². The summed E-state index contributed by atoms with van der Waals surface area (Å²) in [7, 11) is 1.60. The minimum atomic E-state index is -0.230. The first kappa shape index (κ1) is 15.8. The lowest BCUT2D eigenvalue weighted by Crippen LogP contribution is -2.37. The fraction of sp³-hybridized carbons (Fsp3) is 0.235. The number of pyridine rings is 1. The first-order valence-corrected chi connectivity index (χ1v) is 7.58. The molecule has 0 spiro atoms. The molecule has 0 saturated carbocycles. The van der Waals surface area contributed by atoms with E-state index in [1.54, 1.807) is 48.7 Å². The maximum absolute atomic E-state index is 12.5. The summed E-state index contributed by atoms with van der Waals surface area (Å²) in [6.45, 7) is 1.08. The average molecular weight is 326 g/mol. The van der Waals surface area contributed by atoms with Gasteiger partial charge in [0, 0.05) is 36.9 Å². The maximum atomic E-state index is 12.5. The molecule has 3 amide bonds. The van der Waals surface area contributed by atoms with E-state index in [9.17, 15) is 9.59 Å². The lowest BCUT2D eigenvalue weighted by Gasteiger charge is -2.18. The summed E-state index contributed by atoms with van der Waals surface area (Å²) >= 11 is 0. The number of hydrogen-bond acceptors (Lipinski definition) is 4. The summed E-state index contributed by atoms with van der Waals surface area (Å²) in [6, 6.07) is 10.5. The quantitative estimate of drug-likeness (QED) is 0.911. The van der Waals surface area contributed by atoms with Gasteiger partial charge in [-0.1, -0.05) is 0 Å². The van der Waals surface area contributed by atoms with Gasteiger partial charge in [-0.05, 0) is 36.4 Å². The third-order valence-electron chi connectivity index (χ3n) is 3.78. The summed E-state index contributed by atoms with van der Waals surface area (Å²) in [5, 5.41) is 2.75. The number of amides is 3. The summed E-state index contributed by atoms with van der Waals surface area (Å²) in [5.41, 5.74) is 1.45. The molecule has 124 valence electrons. The highest BCUT2D eigenvalue weighted by Crippen LogP contribution is 2.23. The third-order valence-corrected chi connectivity index (χ3v) is 3.78. The lowest BCUT2D eigenvalue weighted by molar-refractivity contribution is -0.116. The number of aromatic nitrogens is 1. The van der Waals surface area contributed by atoms with Crippen LogP contribution in [0.3, 0.4) is 0 Å². The van der Waals surface area contributed by atoms with Crippen LogP contribution >= 0.6 is 0 Å². The highest BCUT2D eigenvalue weighted by Gasteiger charge is 2.30. The van der Waals surface area contributed by atoms with Crippen molar-refractivity contribution in [2.24, 2.45) is 0 Å². The van der Waals surface area contributed by atoms with E-state index >= 15 is 0 Å². The monoisotopic (exact) mass is 326 g/mol. The fourth-order valence-electron chi connectivity index (χ4n) is 2.54. The molecule has 0 unspecified atom stereocenters. The highest BCUT2D eigenvalue weighted by molar-refractivity contribution is 5.99. The summed E-state index contributed by atoms with van der Waals surface area (Å²) < 4.78 is 5.12. The van der Waals surface area contributed by atoms with E-state index in [4.69, 9.17) is 4.74 Å². The van der Waals surface area contributed by atoms with E-state index in [-0.39, 0.29) is 18.5 Å². The minimum Gasteiger partial charge on any atom is -0.497 e. The number of urea groups is 1. The van der Waals surface area contributed by atoms with Crippen molar-refractivity contribution in [2.75, 3.05) is 37.0 Å². The van der Waals surface area contributed by atoms with Crippen LogP contribution in [0.25, 0.3) is 0 Å². The zero-order valence-electron chi connectivity index (χ0n) is 13.3. The van der Waals surface area contributed by atoms with Crippen molar-refractivity contribution in [3.63, 3.8) is 0 Å². The molecule has 2 aromatic rings. The molecule has 24 heavy (non-hydrogen) atoms. The Hall–Kier alpha value is -3.09. The van der Waals surface area contributed by atoms with Gasteiger partial charge in [0.2, 0.25) is 5.91 Å². The number of carbonyl (C=O) groups excluding carboxylic acids is 2. The molecular formula is C17H18N4O3. The number of hydrogen-bond donors (Lipinski definition) is 1. The molecule has 0 radical (unpaired) electrons. The smallest absolute Gasteiger partial charge is 0.325 e. The number of ether oxygens (including phenoxy) is 1. The first-order chi connectivity index (χ1) is 11.7. The van der Waals surface area contributed by atoms with Gasteiger partial charge in [0.25, 0.3) is 0 Å². The molecule has 2 heterocycles. The molecule has 0 bridgehead atoms. The van der Waals surface area contributed by atoms with Gasteiger partial charge in [-0.3, -0.25) is 14.7 Å². The molecule has 1 N–H and O–H groups in total. The molecule has 1 saturated heterocycles. The van der Waals surface area contributed by atoms with Gasteiger partial charge in [-0.2, -0.15) is 0 Å². The van der Waals surface area contributed by atoms with Crippen LogP contribution in [-0.4, -0.2) is 48.6 Å². The molecule has 0 aliphatic carbocycles. The highest BCUT2D eigenvalue weighted by atomic mass is 16.5. The van der Waals surface area contributed by atoms with Gasteiger partial charge < -0.3 is 15.0 Å². The Labute approximate surface area is 139 Å². The van der Waals surface area contributed by atoms with Gasteiger partial charge in [0.15, 0.2) is 0 Å². The van der Waals surface area contributed by atoms with Crippen LogP contribution in [0.1, 0.15) is 0 Å². The Kier molecular flexibility index (Phi) is 4.60. The molecule has 1 aliphatic rings. The number of rotatable bonds is 5. The van der Waals surface area contributed by atoms with Crippen molar-refractivity contribution in [1.82, 2.24) is 9.88 Å². The largest absolute Gasteiger partial charge is 0.497 e. The second kappa shape index (κ2) is 6.99. The predicted octanol–water partition coefficient (Wildman–Crippen LogP) is 1.97. The molecule has 7 heteroatoms. The van der Waals surface area contributed by atoms with Crippen molar-refractivity contribution in [3.8, 4) is 5.75 Å². The molecule has 1 fully saturated rings. The number of anilines is 2. The average Bonchev–Trinajstić information content (AvgIpc) is 2.96. The van der Waals surface area contributed by atoms with Crippen molar-refractivity contribution < 1.29 is 14.3 Å². The van der Waals surface area contributed by atoms with Crippen LogP contribution in [0.15, 0.2) is 48.8 Å². The van der Waals surface area contributed by atoms with Crippen LogP contribution in [0.2, 0.25) is 0 Å². The molecule has 0 atom stereocenters. The Morgan fingerprint density at radius 2 is 1.88 bits per heavy atom. The third kappa shape index (κ3) is 3.45. The van der Waals surface area contributed by atoms with Crippen LogP contribution in [0, 0.1) is 0 Å². The molecule has 1 aromatic carbocycles. The SMILES string of the molecule is COc1ccc(N2CCN(CC(=O)Nc3ccncc3)C2=O)cc1. The van der Waals surface area contributed by atoms with Gasteiger partial charge in [0.05, 0.1) is 7.11 Å². The fourth-order valence-corrected chi connectivity index (χ4v) is 2.54. The number of carbonyl (C=O) groups is 2. The maximum Gasteiger partial charge on any atom is 0.325 e. The van der Waals surface area contributed by atoms with E-state index in [0.29, 0.717) is 18.8 Å². The van der Waals surface area contributed by atoms with E-state index in [2.05, 4.69) is 10.3 Å². The van der Waals surface area contributed by atoms with Crippen molar-refractivity contribution >= 4 is 23.3 Å². The standard InChI is InChI=1S/C17H18N4O3/c1-24-15-4-2-14(3-5-15)21-11-10-20(17(21)23)12-16(22)19-13-6-8-18-9-7-13/h2-9H,10-12H2,1H3,(H,18,19,22). The van der Waals surface area contributed by atoms with Gasteiger partial charge >= 0.3 is 6.03 Å². The summed E-state index contributed by atoms with van der Waals surface area (Å²) in [4.78, 5) is 31.6. The Balaban J connectivity index is 1.60. The zero-order chi connectivity index (χ0) is 16.9. The van der Waals surface area contributed by atoms with E-state index < -0.39 is 0 Å². The lowest BCUT2D eigenvalue weighted by atomic mass is 10.3. The van der Waals surface area contributed by atoms with Crippen molar-refractivity contribution in [1.29, 1.82) is 0 Å². The van der Waals surface area contributed by atoms with E-state index in [1.807, 2.05) is 12.1 Å². The normalized spacial score (nSPS) is 14.0. The number of methoxy groups -OCH3 is 1. The Morgan fingerprint density at radius 3 is 2.54 bits per heavy atom. The Bertz CT molecular complexity index is 718. The van der Waals surface area contributed by atoms with Crippen LogP contribution < -0.4 is 15.0 Å². The molecule has 3 rings (SSSR count). The van der Waals surface area contributed by atoms with E-state index in [1.165, 1.54) is 4.90 Å². The van der Waals surface area contributed by atoms with Crippen LogP contribution in [0.5, 0.6) is 5.75 Å². The van der Waals surface area contributed by atoms with Crippen molar-refractivity contribution in [2.45, 2.75) is 0 Å². The second-order valence-corrected chi connectivity index (χ2v) is 5.34. The predicted molar refractivity (Wildman–Crippen MR) is 90.2 cm³/mol. The minimum absolute atomic E-state index is 0.0216. The topological polar surface area (TPSA) is 74.8 Å². The van der Waals surface area contributed by atoms with Gasteiger partial charge in [0.1, 0.15) is 12.3 Å². The van der Waals surface area contributed by atoms with Crippen LogP contribution in [-0.2, 0) is 4.79 Å². The first-order valence-electron chi connectivity index (χ1n) is 7.58. The molecule has 7 nitrogen and oxygen atoms in total. The molecular weight excluding hydrogens is 308 g/mol. The zero-order valence-corrected chi connectivity index (χ0v) is 13.3. The van der Waals surface area contributed by atoms with Gasteiger partial charge in [-0.25, -0.2) is 4.79 Å². The number of benzene rings is 1. The number of nitrogens with zero attached hydrogens (tertiary/aromatic N) is 3. The summed E-state index contributed by atoms with van der Waals surface area (Å²) in [6.07, 6.45) is 3.20.